The van der Waals surface area contributed by atoms with Gasteiger partial charge >= 0.3 is 12.1 Å². The second-order valence-corrected chi connectivity index (χ2v) is 4.57. The van der Waals surface area contributed by atoms with Gasteiger partial charge in [0.1, 0.15) is 0 Å². The summed E-state index contributed by atoms with van der Waals surface area (Å²) >= 11 is 0. The molecule has 0 amide bonds. The molecule has 1 aliphatic rings. The number of hydrogen-bond donors (Lipinski definition) is 1. The van der Waals surface area contributed by atoms with E-state index < -0.39 is 17.7 Å². The summed E-state index contributed by atoms with van der Waals surface area (Å²) in [6.07, 6.45) is -3.26. The molecule has 0 aliphatic heterocycles. The summed E-state index contributed by atoms with van der Waals surface area (Å²) in [5.74, 6) is -0.832. The zero-order valence-electron chi connectivity index (χ0n) is 9.72. The van der Waals surface area contributed by atoms with Crippen molar-refractivity contribution in [3.05, 3.63) is 0 Å². The zero-order valence-corrected chi connectivity index (χ0v) is 9.72. The van der Waals surface area contributed by atoms with Crippen molar-refractivity contribution in [3.8, 4) is 0 Å². The second kappa shape index (κ2) is 5.25. The average molecular weight is 254 g/mol. The third-order valence-corrected chi connectivity index (χ3v) is 3.59. The number of rotatable bonds is 4. The summed E-state index contributed by atoms with van der Waals surface area (Å²) in [7, 11) is 1.09. The van der Waals surface area contributed by atoms with Crippen LogP contribution in [0.25, 0.3) is 0 Å². The molecule has 0 spiro atoms. The van der Waals surface area contributed by atoms with Crippen LogP contribution >= 0.6 is 0 Å². The summed E-state index contributed by atoms with van der Waals surface area (Å²) < 4.78 is 43.1. The lowest BCUT2D eigenvalue weighted by Gasteiger charge is -2.40. The van der Waals surface area contributed by atoms with Crippen molar-refractivity contribution in [1.29, 1.82) is 0 Å². The first-order valence-corrected chi connectivity index (χ1v) is 5.64. The monoisotopic (exact) mass is 254 g/mol. The molecule has 0 aromatic rings. The molecular formula is C11H17F3O3. The van der Waals surface area contributed by atoms with Crippen LogP contribution in [0.2, 0.25) is 0 Å². The highest BCUT2D eigenvalue weighted by Crippen LogP contribution is 2.46. The highest BCUT2D eigenvalue weighted by atomic mass is 19.4. The number of hydrogen-bond acceptors (Lipinski definition) is 2. The maximum atomic E-state index is 12.8. The summed E-state index contributed by atoms with van der Waals surface area (Å²) in [6, 6.07) is 0. The molecule has 0 heterocycles. The van der Waals surface area contributed by atoms with E-state index in [-0.39, 0.29) is 25.2 Å². The van der Waals surface area contributed by atoms with E-state index in [0.717, 1.165) is 7.11 Å². The van der Waals surface area contributed by atoms with Crippen LogP contribution in [0, 0.1) is 5.92 Å². The lowest BCUT2D eigenvalue weighted by atomic mass is 9.76. The predicted octanol–water partition coefficient (Wildman–Crippen LogP) is 2.99. The molecule has 1 saturated carbocycles. The van der Waals surface area contributed by atoms with Gasteiger partial charge in [-0.1, -0.05) is 0 Å². The van der Waals surface area contributed by atoms with Crippen LogP contribution in [-0.4, -0.2) is 30.0 Å². The number of aliphatic carboxylic acids is 1. The molecule has 0 aromatic heterocycles. The van der Waals surface area contributed by atoms with Gasteiger partial charge < -0.3 is 9.84 Å². The fourth-order valence-corrected chi connectivity index (χ4v) is 2.36. The quantitative estimate of drug-likeness (QED) is 0.838. The minimum atomic E-state index is -4.35. The van der Waals surface area contributed by atoms with Crippen molar-refractivity contribution in [2.75, 3.05) is 7.11 Å². The van der Waals surface area contributed by atoms with Crippen molar-refractivity contribution in [1.82, 2.24) is 0 Å². The van der Waals surface area contributed by atoms with E-state index in [1.165, 1.54) is 0 Å². The van der Waals surface area contributed by atoms with Crippen LogP contribution < -0.4 is 0 Å². The molecule has 0 atom stereocenters. The molecule has 100 valence electrons. The molecule has 0 unspecified atom stereocenters. The first kappa shape index (κ1) is 14.3. The summed E-state index contributed by atoms with van der Waals surface area (Å²) in [6.45, 7) is 0. The van der Waals surface area contributed by atoms with E-state index >= 15 is 0 Å². The van der Waals surface area contributed by atoms with Gasteiger partial charge in [-0.2, -0.15) is 13.2 Å². The summed E-state index contributed by atoms with van der Waals surface area (Å²) in [5, 5.41) is 8.52. The Kier molecular flexibility index (Phi) is 4.41. The SMILES string of the molecule is COC1(C(F)(F)F)CCC(CCC(=O)O)CC1. The topological polar surface area (TPSA) is 46.5 Å². The number of carbonyl (C=O) groups is 1. The fourth-order valence-electron chi connectivity index (χ4n) is 2.36. The van der Waals surface area contributed by atoms with Crippen LogP contribution in [-0.2, 0) is 9.53 Å². The summed E-state index contributed by atoms with van der Waals surface area (Å²) in [4.78, 5) is 10.4. The van der Waals surface area contributed by atoms with E-state index in [1.54, 1.807) is 0 Å². The molecule has 0 aromatic carbocycles. The number of carboxylic acids is 1. The van der Waals surface area contributed by atoms with Crippen molar-refractivity contribution in [3.63, 3.8) is 0 Å². The van der Waals surface area contributed by atoms with E-state index in [9.17, 15) is 18.0 Å². The summed E-state index contributed by atoms with van der Waals surface area (Å²) in [5.41, 5.74) is -2.02. The Morgan fingerprint density at radius 2 is 1.94 bits per heavy atom. The molecule has 0 saturated heterocycles. The van der Waals surface area contributed by atoms with Gasteiger partial charge in [0.05, 0.1) is 0 Å². The smallest absolute Gasteiger partial charge is 0.417 e. The van der Waals surface area contributed by atoms with Crippen molar-refractivity contribution in [2.45, 2.75) is 50.3 Å². The molecule has 0 bridgehead atoms. The molecule has 6 heteroatoms. The first-order valence-electron chi connectivity index (χ1n) is 5.64. The van der Waals surface area contributed by atoms with Crippen molar-refractivity contribution < 1.29 is 27.8 Å². The largest absolute Gasteiger partial charge is 0.481 e. The number of halogens is 3. The normalized spacial score (nSPS) is 30.2. The number of methoxy groups -OCH3 is 1. The minimum Gasteiger partial charge on any atom is -0.481 e. The standard InChI is InChI=1S/C11H17F3O3/c1-17-10(11(12,13)14)6-4-8(5-7-10)2-3-9(15)16/h8H,2-7H2,1H3,(H,15,16). The van der Waals surface area contributed by atoms with Gasteiger partial charge in [-0.25, -0.2) is 0 Å². The van der Waals surface area contributed by atoms with Gasteiger partial charge in [0.15, 0.2) is 5.60 Å². The third-order valence-electron chi connectivity index (χ3n) is 3.59. The van der Waals surface area contributed by atoms with Crippen LogP contribution in [0.4, 0.5) is 13.2 Å². The van der Waals surface area contributed by atoms with Crippen LogP contribution in [0.1, 0.15) is 38.5 Å². The third kappa shape index (κ3) is 3.34. The van der Waals surface area contributed by atoms with E-state index in [2.05, 4.69) is 4.74 Å². The minimum absolute atomic E-state index is 0.0245. The maximum Gasteiger partial charge on any atom is 0.417 e. The van der Waals surface area contributed by atoms with Crippen LogP contribution in [0.5, 0.6) is 0 Å². The molecule has 3 nitrogen and oxygen atoms in total. The molecule has 1 N–H and O–H groups in total. The number of alkyl halides is 3. The maximum absolute atomic E-state index is 12.8. The fraction of sp³-hybridized carbons (Fsp3) is 0.909. The average Bonchev–Trinajstić information content (AvgIpc) is 2.25. The lowest BCUT2D eigenvalue weighted by molar-refractivity contribution is -0.281. The molecule has 1 aliphatic carbocycles. The van der Waals surface area contributed by atoms with Gasteiger partial charge in [-0.3, -0.25) is 4.79 Å². The molecule has 1 rings (SSSR count). The zero-order chi connectivity index (χ0) is 13.1. The van der Waals surface area contributed by atoms with Crippen molar-refractivity contribution in [2.24, 2.45) is 5.92 Å². The van der Waals surface area contributed by atoms with E-state index in [1.807, 2.05) is 0 Å². The number of ether oxygens (including phenoxy) is 1. The van der Waals surface area contributed by atoms with E-state index in [4.69, 9.17) is 5.11 Å². The highest BCUT2D eigenvalue weighted by molar-refractivity contribution is 5.66. The molecule has 0 radical (unpaired) electrons. The Hall–Kier alpha value is -0.780. The number of carboxylic acid groups (broad SMARTS) is 1. The van der Waals surface area contributed by atoms with Gasteiger partial charge in [0, 0.05) is 13.5 Å². The molecular weight excluding hydrogens is 237 g/mol. The van der Waals surface area contributed by atoms with Crippen molar-refractivity contribution >= 4 is 5.97 Å². The van der Waals surface area contributed by atoms with Gasteiger partial charge in [-0.05, 0) is 38.0 Å². The lowest BCUT2D eigenvalue weighted by Crippen LogP contribution is -2.49. The Bertz CT molecular complexity index is 268. The Morgan fingerprint density at radius 1 is 1.41 bits per heavy atom. The molecule has 1 fully saturated rings. The Labute approximate surface area is 97.9 Å². The molecule has 17 heavy (non-hydrogen) atoms. The Morgan fingerprint density at radius 3 is 2.29 bits per heavy atom. The van der Waals surface area contributed by atoms with Crippen LogP contribution in [0.3, 0.4) is 0 Å². The first-order chi connectivity index (χ1) is 7.81. The van der Waals surface area contributed by atoms with E-state index in [0.29, 0.717) is 19.3 Å². The second-order valence-electron chi connectivity index (χ2n) is 4.57. The highest BCUT2D eigenvalue weighted by Gasteiger charge is 2.56. The predicted molar refractivity (Wildman–Crippen MR) is 54.6 cm³/mol. The van der Waals surface area contributed by atoms with Gasteiger partial charge in [0.25, 0.3) is 0 Å². The van der Waals surface area contributed by atoms with Gasteiger partial charge in [-0.15, -0.1) is 0 Å². The van der Waals surface area contributed by atoms with Crippen LogP contribution in [0.15, 0.2) is 0 Å². The Balaban J connectivity index is 2.51. The van der Waals surface area contributed by atoms with Gasteiger partial charge in [0.2, 0.25) is 0 Å².